The largest absolute Gasteiger partial charge is 0.451 e. The van der Waals surface area contributed by atoms with Crippen LogP contribution in [0.25, 0.3) is 11.3 Å². The first kappa shape index (κ1) is 22.5. The number of rotatable bonds is 4. The molecule has 2 heterocycles. The summed E-state index contributed by atoms with van der Waals surface area (Å²) in [6.07, 6.45) is 0. The van der Waals surface area contributed by atoms with E-state index in [9.17, 15) is 14.9 Å². The Bertz CT molecular complexity index is 1200. The Morgan fingerprint density at radius 1 is 1.00 bits per heavy atom. The Labute approximate surface area is 196 Å². The number of thiocarbonyl (C=S) groups is 1. The third-order valence-electron chi connectivity index (χ3n) is 5.83. The number of carbonyl (C=O) groups is 1. The maximum atomic E-state index is 12.7. The number of anilines is 1. The van der Waals surface area contributed by atoms with Crippen molar-refractivity contribution >= 4 is 34.6 Å². The number of hydrogen-bond acceptors (Lipinski definition) is 6. The SMILES string of the molecule is Cc1ccc(-c2ccc(C(=O)NC(=S)N3CCN(c4ccc([N+](=O)[O-])cc4)CC3)o2)cc1C. The quantitative estimate of drug-likeness (QED) is 0.349. The lowest BCUT2D eigenvalue weighted by atomic mass is 10.1. The number of carbonyl (C=O) groups excluding carboxylic acids is 1. The van der Waals surface area contributed by atoms with E-state index in [2.05, 4.69) is 10.2 Å². The highest BCUT2D eigenvalue weighted by atomic mass is 32.1. The molecule has 2 aromatic carbocycles. The van der Waals surface area contributed by atoms with Crippen molar-refractivity contribution in [1.82, 2.24) is 10.2 Å². The lowest BCUT2D eigenvalue weighted by Crippen LogP contribution is -2.52. The number of nitrogens with one attached hydrogen (secondary N) is 1. The van der Waals surface area contributed by atoms with Gasteiger partial charge in [-0.05, 0) is 67.5 Å². The molecule has 170 valence electrons. The molecule has 33 heavy (non-hydrogen) atoms. The number of aryl methyl sites for hydroxylation is 2. The summed E-state index contributed by atoms with van der Waals surface area (Å²) in [4.78, 5) is 27.1. The van der Waals surface area contributed by atoms with Gasteiger partial charge in [0, 0.05) is 49.6 Å². The van der Waals surface area contributed by atoms with E-state index >= 15 is 0 Å². The van der Waals surface area contributed by atoms with E-state index in [4.69, 9.17) is 16.6 Å². The van der Waals surface area contributed by atoms with Crippen LogP contribution in [0.1, 0.15) is 21.7 Å². The highest BCUT2D eigenvalue weighted by Crippen LogP contribution is 2.25. The number of non-ortho nitro benzene ring substituents is 1. The Balaban J connectivity index is 1.32. The molecular weight excluding hydrogens is 440 g/mol. The summed E-state index contributed by atoms with van der Waals surface area (Å²) < 4.78 is 5.77. The number of nitro groups is 1. The predicted octanol–water partition coefficient (Wildman–Crippen LogP) is 4.31. The van der Waals surface area contributed by atoms with Crippen LogP contribution in [0.4, 0.5) is 11.4 Å². The maximum Gasteiger partial charge on any atom is 0.293 e. The fourth-order valence-corrected chi connectivity index (χ4v) is 3.98. The molecule has 0 unspecified atom stereocenters. The molecule has 1 aromatic heterocycles. The fourth-order valence-electron chi connectivity index (χ4n) is 3.70. The summed E-state index contributed by atoms with van der Waals surface area (Å²) in [5.41, 5.74) is 4.26. The third-order valence-corrected chi connectivity index (χ3v) is 6.19. The molecule has 1 amide bonds. The minimum Gasteiger partial charge on any atom is -0.451 e. The van der Waals surface area contributed by atoms with Crippen molar-refractivity contribution in [2.24, 2.45) is 0 Å². The number of hydrogen-bond donors (Lipinski definition) is 1. The Hall–Kier alpha value is -3.72. The van der Waals surface area contributed by atoms with Gasteiger partial charge in [0.25, 0.3) is 11.6 Å². The van der Waals surface area contributed by atoms with Crippen LogP contribution in [0.5, 0.6) is 0 Å². The van der Waals surface area contributed by atoms with Gasteiger partial charge in [-0.3, -0.25) is 20.2 Å². The Kier molecular flexibility index (Phi) is 6.41. The first-order chi connectivity index (χ1) is 15.8. The van der Waals surface area contributed by atoms with E-state index < -0.39 is 4.92 Å². The second kappa shape index (κ2) is 9.41. The van der Waals surface area contributed by atoms with Crippen molar-refractivity contribution in [1.29, 1.82) is 0 Å². The highest BCUT2D eigenvalue weighted by molar-refractivity contribution is 7.80. The van der Waals surface area contributed by atoms with Crippen LogP contribution in [0.3, 0.4) is 0 Å². The smallest absolute Gasteiger partial charge is 0.293 e. The lowest BCUT2D eigenvalue weighted by Gasteiger charge is -2.37. The van der Waals surface area contributed by atoms with Crippen LogP contribution in [-0.2, 0) is 0 Å². The van der Waals surface area contributed by atoms with Crippen LogP contribution < -0.4 is 10.2 Å². The van der Waals surface area contributed by atoms with Gasteiger partial charge in [-0.2, -0.15) is 0 Å². The molecule has 8 nitrogen and oxygen atoms in total. The first-order valence-electron chi connectivity index (χ1n) is 10.6. The van der Waals surface area contributed by atoms with E-state index in [0.717, 1.165) is 16.8 Å². The summed E-state index contributed by atoms with van der Waals surface area (Å²) in [6, 6.07) is 16.0. The van der Waals surface area contributed by atoms with Gasteiger partial charge in [-0.25, -0.2) is 0 Å². The van der Waals surface area contributed by atoms with E-state index in [1.807, 2.05) is 36.9 Å². The predicted molar refractivity (Wildman–Crippen MR) is 131 cm³/mol. The van der Waals surface area contributed by atoms with Crippen LogP contribution in [-0.4, -0.2) is 47.0 Å². The van der Waals surface area contributed by atoms with Gasteiger partial charge >= 0.3 is 0 Å². The van der Waals surface area contributed by atoms with Gasteiger partial charge in [-0.15, -0.1) is 0 Å². The van der Waals surface area contributed by atoms with E-state index in [0.29, 0.717) is 37.1 Å². The van der Waals surface area contributed by atoms with Crippen LogP contribution in [0.15, 0.2) is 59.0 Å². The average Bonchev–Trinajstić information content (AvgIpc) is 3.31. The van der Waals surface area contributed by atoms with Crippen LogP contribution in [0.2, 0.25) is 0 Å². The molecule has 0 aliphatic carbocycles. The van der Waals surface area contributed by atoms with Crippen molar-refractivity contribution in [3.05, 3.63) is 81.6 Å². The zero-order valence-corrected chi connectivity index (χ0v) is 19.2. The van der Waals surface area contributed by atoms with E-state index in [1.54, 1.807) is 24.3 Å². The second-order valence-corrected chi connectivity index (χ2v) is 8.36. The van der Waals surface area contributed by atoms with Crippen LogP contribution >= 0.6 is 12.2 Å². The molecule has 1 aliphatic rings. The molecule has 0 radical (unpaired) electrons. The molecule has 1 saturated heterocycles. The fraction of sp³-hybridized carbons (Fsp3) is 0.250. The molecule has 3 aromatic rings. The van der Waals surface area contributed by atoms with Crippen molar-refractivity contribution < 1.29 is 14.1 Å². The van der Waals surface area contributed by atoms with Gasteiger partial charge in [0.1, 0.15) is 5.76 Å². The molecule has 4 rings (SSSR count). The third kappa shape index (κ3) is 5.04. The first-order valence-corrected chi connectivity index (χ1v) is 11.0. The molecule has 1 fully saturated rings. The van der Waals surface area contributed by atoms with Gasteiger partial charge in [0.15, 0.2) is 10.9 Å². The summed E-state index contributed by atoms with van der Waals surface area (Å²) in [5, 5.41) is 13.9. The molecule has 9 heteroatoms. The summed E-state index contributed by atoms with van der Waals surface area (Å²) in [6.45, 7) is 6.71. The molecule has 0 saturated carbocycles. The minimum absolute atomic E-state index is 0.0693. The van der Waals surface area contributed by atoms with Crippen molar-refractivity contribution in [2.45, 2.75) is 13.8 Å². The normalized spacial score (nSPS) is 13.6. The van der Waals surface area contributed by atoms with Gasteiger partial charge in [-0.1, -0.05) is 12.1 Å². The Morgan fingerprint density at radius 3 is 2.33 bits per heavy atom. The van der Waals surface area contributed by atoms with Crippen LogP contribution in [0, 0.1) is 24.0 Å². The summed E-state index contributed by atoms with van der Waals surface area (Å²) in [5.74, 6) is 0.453. The van der Waals surface area contributed by atoms with E-state index in [-0.39, 0.29) is 17.4 Å². The highest BCUT2D eigenvalue weighted by Gasteiger charge is 2.22. The topological polar surface area (TPSA) is 91.9 Å². The lowest BCUT2D eigenvalue weighted by molar-refractivity contribution is -0.384. The molecule has 0 spiro atoms. The molecular formula is C24H24N4O4S. The summed E-state index contributed by atoms with van der Waals surface area (Å²) in [7, 11) is 0. The van der Waals surface area contributed by atoms with Crippen molar-refractivity contribution in [2.75, 3.05) is 31.1 Å². The number of piperazine rings is 1. The second-order valence-electron chi connectivity index (χ2n) is 7.97. The van der Waals surface area contributed by atoms with E-state index in [1.165, 1.54) is 17.7 Å². The van der Waals surface area contributed by atoms with Gasteiger partial charge in [0.05, 0.1) is 4.92 Å². The minimum atomic E-state index is -0.410. The van der Waals surface area contributed by atoms with Crippen molar-refractivity contribution in [3.8, 4) is 11.3 Å². The Morgan fingerprint density at radius 2 is 1.70 bits per heavy atom. The summed E-state index contributed by atoms with van der Waals surface area (Å²) >= 11 is 5.44. The zero-order valence-electron chi connectivity index (χ0n) is 18.4. The number of nitro benzene ring substituents is 1. The number of furan rings is 1. The molecule has 1 aliphatic heterocycles. The molecule has 1 N–H and O–H groups in total. The zero-order chi connectivity index (χ0) is 23.5. The maximum absolute atomic E-state index is 12.7. The number of nitrogens with zero attached hydrogens (tertiary/aromatic N) is 3. The van der Waals surface area contributed by atoms with Gasteiger partial charge in [0.2, 0.25) is 0 Å². The monoisotopic (exact) mass is 464 g/mol. The molecule has 0 bridgehead atoms. The number of benzene rings is 2. The van der Waals surface area contributed by atoms with Crippen molar-refractivity contribution in [3.63, 3.8) is 0 Å². The average molecular weight is 465 g/mol. The van der Waals surface area contributed by atoms with Gasteiger partial charge < -0.3 is 14.2 Å². The number of amides is 1. The standard InChI is InChI=1S/C24H24N4O4S/c1-16-3-4-18(15-17(16)2)21-9-10-22(32-21)23(29)25-24(33)27-13-11-26(12-14-27)19-5-7-20(8-6-19)28(30)31/h3-10,15H,11-14H2,1-2H3,(H,25,29,33). The molecule has 0 atom stereocenters.